The summed E-state index contributed by atoms with van der Waals surface area (Å²) in [5, 5.41) is 4.97. The van der Waals surface area contributed by atoms with Crippen LogP contribution < -0.4 is 10.6 Å². The van der Waals surface area contributed by atoms with Crippen LogP contribution in [-0.2, 0) is 20.9 Å². The van der Waals surface area contributed by atoms with Gasteiger partial charge in [0.25, 0.3) is 5.91 Å². The Morgan fingerprint density at radius 1 is 1.30 bits per heavy atom. The van der Waals surface area contributed by atoms with Gasteiger partial charge in [0.15, 0.2) is 0 Å². The minimum Gasteiger partial charge on any atom is -0.326 e. The lowest BCUT2D eigenvalue weighted by Gasteiger charge is -2.29. The van der Waals surface area contributed by atoms with Gasteiger partial charge in [0.2, 0.25) is 17.7 Å². The summed E-state index contributed by atoms with van der Waals surface area (Å²) < 4.78 is 0. The van der Waals surface area contributed by atoms with Crippen LogP contribution in [-0.4, -0.2) is 34.6 Å². The summed E-state index contributed by atoms with van der Waals surface area (Å²) in [6, 6.07) is 2.88. The van der Waals surface area contributed by atoms with Crippen molar-refractivity contribution < 1.29 is 19.2 Å². The number of hydrogen-bond donors (Lipinski definition) is 2. The fourth-order valence-electron chi connectivity index (χ4n) is 3.06. The van der Waals surface area contributed by atoms with Crippen LogP contribution in [0.4, 0.5) is 5.69 Å². The van der Waals surface area contributed by atoms with Gasteiger partial charge < -0.3 is 10.2 Å². The second kappa shape index (κ2) is 5.49. The van der Waals surface area contributed by atoms with E-state index in [0.29, 0.717) is 24.2 Å². The molecule has 1 atom stereocenters. The number of carbonyl (C=O) groups is 4. The van der Waals surface area contributed by atoms with Gasteiger partial charge in [-0.1, -0.05) is 6.07 Å². The number of nitrogens with zero attached hydrogens (tertiary/aromatic N) is 1. The van der Waals surface area contributed by atoms with Crippen LogP contribution in [0.2, 0.25) is 0 Å². The number of benzene rings is 1. The van der Waals surface area contributed by atoms with Crippen LogP contribution in [0.1, 0.15) is 41.3 Å². The topological polar surface area (TPSA) is 95.6 Å². The van der Waals surface area contributed by atoms with Crippen molar-refractivity contribution in [2.24, 2.45) is 0 Å². The van der Waals surface area contributed by atoms with Gasteiger partial charge >= 0.3 is 0 Å². The van der Waals surface area contributed by atoms with Crippen LogP contribution in [0.3, 0.4) is 0 Å². The monoisotopic (exact) mass is 315 g/mol. The molecular weight excluding hydrogens is 298 g/mol. The molecule has 0 bridgehead atoms. The van der Waals surface area contributed by atoms with E-state index in [1.807, 2.05) is 13.0 Å². The summed E-state index contributed by atoms with van der Waals surface area (Å²) in [7, 11) is 0. The molecule has 0 aromatic heterocycles. The third kappa shape index (κ3) is 2.69. The minimum absolute atomic E-state index is 0.208. The number of nitrogens with one attached hydrogen (secondary N) is 2. The predicted octanol–water partition coefficient (Wildman–Crippen LogP) is 0.714. The minimum atomic E-state index is -0.628. The van der Waals surface area contributed by atoms with Gasteiger partial charge in [-0.15, -0.1) is 0 Å². The number of piperidine rings is 1. The Labute approximate surface area is 133 Å². The second-order valence-corrected chi connectivity index (χ2v) is 5.91. The van der Waals surface area contributed by atoms with Gasteiger partial charge in [0, 0.05) is 31.1 Å². The van der Waals surface area contributed by atoms with Crippen LogP contribution in [0.15, 0.2) is 12.1 Å². The van der Waals surface area contributed by atoms with Crippen molar-refractivity contribution >= 4 is 29.3 Å². The van der Waals surface area contributed by atoms with Crippen molar-refractivity contribution in [1.82, 2.24) is 10.2 Å². The highest BCUT2D eigenvalue weighted by Gasteiger charge is 2.39. The van der Waals surface area contributed by atoms with E-state index in [4.69, 9.17) is 0 Å². The van der Waals surface area contributed by atoms with Gasteiger partial charge in [-0.05, 0) is 30.5 Å². The summed E-state index contributed by atoms with van der Waals surface area (Å²) in [5.74, 6) is -1.19. The molecule has 2 N–H and O–H groups in total. The molecule has 0 aliphatic carbocycles. The summed E-state index contributed by atoms with van der Waals surface area (Å²) in [6.07, 6.45) is 0.564. The van der Waals surface area contributed by atoms with Crippen molar-refractivity contribution in [3.05, 3.63) is 28.8 Å². The van der Waals surface area contributed by atoms with E-state index in [-0.39, 0.29) is 24.1 Å². The van der Waals surface area contributed by atoms with Crippen LogP contribution in [0.5, 0.6) is 0 Å². The molecule has 0 radical (unpaired) electrons. The van der Waals surface area contributed by atoms with E-state index >= 15 is 0 Å². The van der Waals surface area contributed by atoms with E-state index < -0.39 is 11.9 Å². The van der Waals surface area contributed by atoms with Gasteiger partial charge in [0.1, 0.15) is 6.04 Å². The summed E-state index contributed by atoms with van der Waals surface area (Å²) in [6.45, 7) is 3.59. The average molecular weight is 315 g/mol. The van der Waals surface area contributed by atoms with Crippen molar-refractivity contribution in [2.75, 3.05) is 5.32 Å². The maximum absolute atomic E-state index is 12.6. The highest BCUT2D eigenvalue weighted by Crippen LogP contribution is 2.31. The van der Waals surface area contributed by atoms with Crippen molar-refractivity contribution in [1.29, 1.82) is 0 Å². The molecular formula is C16H17N3O4. The third-order valence-corrected chi connectivity index (χ3v) is 4.18. The zero-order valence-corrected chi connectivity index (χ0v) is 12.9. The molecule has 1 saturated heterocycles. The number of hydrogen-bond acceptors (Lipinski definition) is 4. The van der Waals surface area contributed by atoms with Crippen LogP contribution in [0, 0.1) is 6.92 Å². The molecule has 2 aliphatic heterocycles. The molecule has 7 nitrogen and oxygen atoms in total. The summed E-state index contributed by atoms with van der Waals surface area (Å²) in [5.41, 5.74) is 2.77. The van der Waals surface area contributed by atoms with Crippen molar-refractivity contribution in [3.8, 4) is 0 Å². The maximum Gasteiger partial charge on any atom is 0.255 e. The van der Waals surface area contributed by atoms with E-state index in [1.165, 1.54) is 11.8 Å². The molecule has 1 aromatic carbocycles. The number of carbonyl (C=O) groups excluding carboxylic acids is 4. The zero-order valence-electron chi connectivity index (χ0n) is 12.9. The Balaban J connectivity index is 1.88. The smallest absolute Gasteiger partial charge is 0.255 e. The molecule has 7 heteroatoms. The lowest BCUT2D eigenvalue weighted by atomic mass is 10.0. The largest absolute Gasteiger partial charge is 0.326 e. The Bertz CT molecular complexity index is 741. The lowest BCUT2D eigenvalue weighted by Crippen LogP contribution is -2.52. The normalized spacial score (nSPS) is 20.3. The van der Waals surface area contributed by atoms with Crippen molar-refractivity contribution in [3.63, 3.8) is 0 Å². The van der Waals surface area contributed by atoms with Crippen LogP contribution >= 0.6 is 0 Å². The quantitative estimate of drug-likeness (QED) is 0.786. The second-order valence-electron chi connectivity index (χ2n) is 5.91. The highest BCUT2D eigenvalue weighted by molar-refractivity contribution is 6.06. The number of anilines is 1. The molecule has 4 amide bonds. The van der Waals surface area contributed by atoms with E-state index in [1.54, 1.807) is 6.07 Å². The first-order valence-electron chi connectivity index (χ1n) is 7.42. The number of amides is 4. The summed E-state index contributed by atoms with van der Waals surface area (Å²) in [4.78, 5) is 48.6. The Kier molecular flexibility index (Phi) is 3.63. The molecule has 23 heavy (non-hydrogen) atoms. The maximum atomic E-state index is 12.6. The third-order valence-electron chi connectivity index (χ3n) is 4.18. The lowest BCUT2D eigenvalue weighted by molar-refractivity contribution is -0.137. The van der Waals surface area contributed by atoms with Gasteiger partial charge in [-0.25, -0.2) is 0 Å². The zero-order chi connectivity index (χ0) is 16.7. The number of imide groups is 1. The number of rotatable bonds is 2. The first kappa shape index (κ1) is 15.2. The molecule has 120 valence electrons. The van der Waals surface area contributed by atoms with Gasteiger partial charge in [0.05, 0.1) is 0 Å². The standard InChI is InChI=1S/C16H17N3O4/c1-8-5-10-7-19(13-3-4-14(21)18-15(13)22)16(23)11(10)6-12(8)17-9(2)20/h5-6,13H,3-4,7H2,1-2H3,(H,17,20)(H,18,21,22). The SMILES string of the molecule is CC(=O)Nc1cc2c(cc1C)CN(C1CCC(=O)NC1=O)C2=O. The first-order chi connectivity index (χ1) is 10.9. The van der Waals surface area contributed by atoms with E-state index in [2.05, 4.69) is 10.6 Å². The molecule has 1 fully saturated rings. The molecule has 0 spiro atoms. The Morgan fingerprint density at radius 2 is 2.04 bits per heavy atom. The first-order valence-corrected chi connectivity index (χ1v) is 7.42. The highest BCUT2D eigenvalue weighted by atomic mass is 16.2. The average Bonchev–Trinajstić information content (AvgIpc) is 2.76. The molecule has 0 saturated carbocycles. The van der Waals surface area contributed by atoms with Crippen LogP contribution in [0.25, 0.3) is 0 Å². The molecule has 1 aromatic rings. The van der Waals surface area contributed by atoms with Gasteiger partial charge in [-0.2, -0.15) is 0 Å². The Morgan fingerprint density at radius 3 is 2.70 bits per heavy atom. The molecule has 2 heterocycles. The molecule has 2 aliphatic rings. The molecule has 3 rings (SSSR count). The van der Waals surface area contributed by atoms with Gasteiger partial charge in [-0.3, -0.25) is 24.5 Å². The fraction of sp³-hybridized carbons (Fsp3) is 0.375. The molecule has 1 unspecified atom stereocenters. The van der Waals surface area contributed by atoms with E-state index in [9.17, 15) is 19.2 Å². The number of aryl methyl sites for hydroxylation is 1. The fourth-order valence-corrected chi connectivity index (χ4v) is 3.06. The van der Waals surface area contributed by atoms with Crippen molar-refractivity contribution in [2.45, 2.75) is 39.3 Å². The Hall–Kier alpha value is -2.70. The van der Waals surface area contributed by atoms with E-state index in [0.717, 1.165) is 11.1 Å². The predicted molar refractivity (Wildman–Crippen MR) is 81.5 cm³/mol. The summed E-state index contributed by atoms with van der Waals surface area (Å²) >= 11 is 0. The number of fused-ring (bicyclic) bond motifs is 1.